The number of aromatic amines is 1. The van der Waals surface area contributed by atoms with Crippen LogP contribution >= 0.6 is 11.6 Å². The van der Waals surface area contributed by atoms with Gasteiger partial charge in [-0.25, -0.2) is 4.79 Å². The molecule has 2 heterocycles. The van der Waals surface area contributed by atoms with Crippen LogP contribution in [-0.2, 0) is 21.6 Å². The summed E-state index contributed by atoms with van der Waals surface area (Å²) >= 11 is 5.81. The number of fused-ring (bicyclic) bond motifs is 1. The zero-order valence-electron chi connectivity index (χ0n) is 13.0. The first-order chi connectivity index (χ1) is 12.2. The Morgan fingerprint density at radius 3 is 2.77 bits per heavy atom. The third-order valence-electron chi connectivity index (χ3n) is 3.82. The summed E-state index contributed by atoms with van der Waals surface area (Å²) in [6, 6.07) is 5.14. The van der Waals surface area contributed by atoms with E-state index in [1.54, 1.807) is 0 Å². The monoisotopic (exact) mass is 388 g/mol. The van der Waals surface area contributed by atoms with E-state index in [0.29, 0.717) is 5.69 Å². The number of H-pyrrole nitrogens is 1. The molecule has 3 N–H and O–H groups in total. The van der Waals surface area contributed by atoms with E-state index in [4.69, 9.17) is 11.6 Å². The average Bonchev–Trinajstić information content (AvgIpc) is 3.05. The molecule has 0 saturated carbocycles. The Morgan fingerprint density at radius 2 is 2.12 bits per heavy atom. The van der Waals surface area contributed by atoms with Gasteiger partial charge in [-0.2, -0.15) is 18.3 Å². The van der Waals surface area contributed by atoms with Crippen molar-refractivity contribution in [2.45, 2.75) is 18.2 Å². The third kappa shape index (κ3) is 3.32. The highest BCUT2D eigenvalue weighted by Gasteiger charge is 2.62. The van der Waals surface area contributed by atoms with Crippen LogP contribution in [0.4, 0.5) is 23.7 Å². The van der Waals surface area contributed by atoms with Gasteiger partial charge < -0.3 is 10.1 Å². The van der Waals surface area contributed by atoms with E-state index in [1.807, 2.05) is 0 Å². The number of nitrogens with zero attached hydrogens (tertiary/aromatic N) is 1. The second-order valence-electron chi connectivity index (χ2n) is 5.56. The zero-order chi connectivity index (χ0) is 18.9. The highest BCUT2D eigenvalue weighted by molar-refractivity contribution is 6.30. The lowest BCUT2D eigenvalue weighted by Crippen LogP contribution is -2.56. The summed E-state index contributed by atoms with van der Waals surface area (Å²) in [6.45, 7) is -0.996. The standard InChI is InChI=1S/C15H12ClF3N4O3/c16-8-1-2-11-10(5-8)14(15(17,18)19,26-13(25)22-11)7-20-12(24)6-9-3-4-21-23-9/h1-5H,6-7H2,(H,20,24)(H,21,23)(H,22,25). The molecule has 0 aliphatic carbocycles. The minimum Gasteiger partial charge on any atom is -0.426 e. The maximum Gasteiger partial charge on any atom is 0.434 e. The Morgan fingerprint density at radius 1 is 1.35 bits per heavy atom. The van der Waals surface area contributed by atoms with Gasteiger partial charge in [0.05, 0.1) is 18.7 Å². The fourth-order valence-electron chi connectivity index (χ4n) is 2.59. The quantitative estimate of drug-likeness (QED) is 0.750. The average molecular weight is 389 g/mol. The molecule has 0 saturated heterocycles. The SMILES string of the molecule is O=C(Cc1ccn[nH]1)NCC1(C(F)(F)F)OC(=O)Nc2ccc(Cl)cc21. The number of carbonyl (C=O) groups excluding carboxylic acids is 2. The molecule has 2 aromatic rings. The normalized spacial score (nSPS) is 19.3. The van der Waals surface area contributed by atoms with Gasteiger partial charge in [0.1, 0.15) is 0 Å². The van der Waals surface area contributed by atoms with Crippen LogP contribution in [0.15, 0.2) is 30.5 Å². The Kier molecular flexibility index (Phi) is 4.53. The van der Waals surface area contributed by atoms with Crippen LogP contribution in [0, 0.1) is 0 Å². The molecule has 0 bridgehead atoms. The number of hydrogen-bond donors (Lipinski definition) is 3. The van der Waals surface area contributed by atoms with Gasteiger partial charge in [0.15, 0.2) is 0 Å². The van der Waals surface area contributed by atoms with Crippen molar-refractivity contribution in [3.63, 3.8) is 0 Å². The van der Waals surface area contributed by atoms with Crippen molar-refractivity contribution in [1.82, 2.24) is 15.5 Å². The highest BCUT2D eigenvalue weighted by Crippen LogP contribution is 2.47. The van der Waals surface area contributed by atoms with E-state index >= 15 is 0 Å². The smallest absolute Gasteiger partial charge is 0.426 e. The van der Waals surface area contributed by atoms with E-state index in [-0.39, 0.29) is 22.7 Å². The summed E-state index contributed by atoms with van der Waals surface area (Å²) < 4.78 is 46.3. The van der Waals surface area contributed by atoms with Gasteiger partial charge in [0.25, 0.3) is 5.60 Å². The topological polar surface area (TPSA) is 96.1 Å². The fraction of sp³-hybridized carbons (Fsp3) is 0.267. The van der Waals surface area contributed by atoms with Crippen LogP contribution in [0.1, 0.15) is 11.3 Å². The first-order valence-corrected chi connectivity index (χ1v) is 7.71. The van der Waals surface area contributed by atoms with Crippen molar-refractivity contribution in [2.24, 2.45) is 0 Å². The number of cyclic esters (lactones) is 1. The van der Waals surface area contributed by atoms with Gasteiger partial charge in [-0.15, -0.1) is 0 Å². The second-order valence-corrected chi connectivity index (χ2v) is 6.00. The molecular weight excluding hydrogens is 377 g/mol. The Labute approximate surface area is 149 Å². The molecule has 1 unspecified atom stereocenters. The first-order valence-electron chi connectivity index (χ1n) is 7.33. The predicted molar refractivity (Wildman–Crippen MR) is 84.6 cm³/mol. The molecule has 3 rings (SSSR count). The Hall–Kier alpha value is -2.75. The van der Waals surface area contributed by atoms with E-state index in [2.05, 4.69) is 25.6 Å². The number of amides is 2. The predicted octanol–water partition coefficient (Wildman–Crippen LogP) is 2.74. The number of halogens is 4. The summed E-state index contributed by atoms with van der Waals surface area (Å²) in [7, 11) is 0. The molecule has 0 radical (unpaired) electrons. The number of aromatic nitrogens is 2. The molecule has 1 aliphatic heterocycles. The largest absolute Gasteiger partial charge is 0.434 e. The van der Waals surface area contributed by atoms with Gasteiger partial charge in [0.2, 0.25) is 5.91 Å². The number of nitrogens with one attached hydrogen (secondary N) is 3. The molecule has 26 heavy (non-hydrogen) atoms. The minimum atomic E-state index is -4.99. The van der Waals surface area contributed by atoms with Crippen molar-refractivity contribution in [2.75, 3.05) is 11.9 Å². The van der Waals surface area contributed by atoms with Crippen molar-refractivity contribution in [3.8, 4) is 0 Å². The Balaban J connectivity index is 1.92. The lowest BCUT2D eigenvalue weighted by molar-refractivity contribution is -0.262. The number of rotatable bonds is 4. The van der Waals surface area contributed by atoms with Crippen LogP contribution in [0.25, 0.3) is 0 Å². The van der Waals surface area contributed by atoms with Gasteiger partial charge >= 0.3 is 12.3 Å². The molecule has 7 nitrogen and oxygen atoms in total. The van der Waals surface area contributed by atoms with Crippen molar-refractivity contribution in [3.05, 3.63) is 46.7 Å². The molecule has 1 atom stereocenters. The number of anilines is 1. The molecule has 0 spiro atoms. The van der Waals surface area contributed by atoms with E-state index in [0.717, 1.165) is 6.07 Å². The highest BCUT2D eigenvalue weighted by atomic mass is 35.5. The van der Waals surface area contributed by atoms with Gasteiger partial charge in [-0.1, -0.05) is 11.6 Å². The summed E-state index contributed by atoms with van der Waals surface area (Å²) in [4.78, 5) is 23.7. The van der Waals surface area contributed by atoms with E-state index < -0.39 is 30.3 Å². The zero-order valence-corrected chi connectivity index (χ0v) is 13.7. The van der Waals surface area contributed by atoms with Crippen molar-refractivity contribution in [1.29, 1.82) is 0 Å². The summed E-state index contributed by atoms with van der Waals surface area (Å²) in [6.07, 6.45) is -5.07. The minimum absolute atomic E-state index is 0.0286. The maximum atomic E-state index is 13.9. The van der Waals surface area contributed by atoms with Crippen molar-refractivity contribution >= 4 is 29.3 Å². The van der Waals surface area contributed by atoms with Crippen LogP contribution in [-0.4, -0.2) is 34.9 Å². The molecule has 1 aliphatic rings. The molecule has 0 fully saturated rings. The number of carbonyl (C=O) groups is 2. The molecular formula is C15H12ClF3N4O3. The van der Waals surface area contributed by atoms with Gasteiger partial charge in [0, 0.05) is 22.5 Å². The number of benzene rings is 1. The Bertz CT molecular complexity index is 841. The van der Waals surface area contributed by atoms with Crippen LogP contribution < -0.4 is 10.6 Å². The fourth-order valence-corrected chi connectivity index (χ4v) is 2.76. The number of alkyl halides is 3. The second kappa shape index (κ2) is 6.52. The molecule has 11 heteroatoms. The van der Waals surface area contributed by atoms with E-state index in [9.17, 15) is 22.8 Å². The first kappa shape index (κ1) is 18.1. The number of ether oxygens (including phenoxy) is 1. The third-order valence-corrected chi connectivity index (χ3v) is 4.06. The summed E-state index contributed by atoms with van der Waals surface area (Å²) in [5, 5.41) is 10.6. The summed E-state index contributed by atoms with van der Waals surface area (Å²) in [5.74, 6) is -0.698. The maximum absolute atomic E-state index is 13.9. The van der Waals surface area contributed by atoms with Crippen molar-refractivity contribution < 1.29 is 27.5 Å². The van der Waals surface area contributed by atoms with Crippen LogP contribution in [0.2, 0.25) is 5.02 Å². The van der Waals surface area contributed by atoms with Gasteiger partial charge in [-0.3, -0.25) is 15.2 Å². The van der Waals surface area contributed by atoms with Crippen LogP contribution in [0.5, 0.6) is 0 Å². The molecule has 1 aromatic heterocycles. The van der Waals surface area contributed by atoms with Gasteiger partial charge in [-0.05, 0) is 24.3 Å². The van der Waals surface area contributed by atoms with E-state index in [1.165, 1.54) is 24.4 Å². The molecule has 138 valence electrons. The molecule has 1 aromatic carbocycles. The summed E-state index contributed by atoms with van der Waals surface area (Å²) in [5.41, 5.74) is -3.11. The molecule has 2 amide bonds. The lowest BCUT2D eigenvalue weighted by atomic mass is 9.89. The number of hydrogen-bond acceptors (Lipinski definition) is 4. The van der Waals surface area contributed by atoms with Crippen LogP contribution in [0.3, 0.4) is 0 Å². The lowest BCUT2D eigenvalue weighted by Gasteiger charge is -2.39.